The number of halogens is 4. The summed E-state index contributed by atoms with van der Waals surface area (Å²) in [6.45, 7) is 1.53. The fraction of sp³-hybridized carbons (Fsp3) is 0.200. The number of carbonyl (C=O) groups excluding carboxylic acids is 1. The van der Waals surface area contributed by atoms with Crippen molar-refractivity contribution in [2.24, 2.45) is 0 Å². The number of hydrogen-bond donors (Lipinski definition) is 1. The molecular weight excluding hydrogens is 469 g/mol. The molecule has 0 bridgehead atoms. The van der Waals surface area contributed by atoms with Crippen molar-refractivity contribution in [1.29, 1.82) is 0 Å². The highest BCUT2D eigenvalue weighted by Crippen LogP contribution is 2.37. The van der Waals surface area contributed by atoms with Crippen LogP contribution in [0, 0.1) is 27.6 Å². The molecule has 2 aromatic carbocycles. The van der Waals surface area contributed by atoms with Gasteiger partial charge >= 0.3 is 5.69 Å². The van der Waals surface area contributed by atoms with Crippen LogP contribution in [0.25, 0.3) is 0 Å². The van der Waals surface area contributed by atoms with Crippen LogP contribution >= 0.6 is 23.8 Å². The fourth-order valence-corrected chi connectivity index (χ4v) is 3.88. The zero-order chi connectivity index (χ0) is 23.9. The number of amides is 1. The Labute approximate surface area is 191 Å². The highest BCUT2D eigenvalue weighted by molar-refractivity contribution is 7.80. The average Bonchev–Trinajstić information content (AvgIpc) is 2.69. The van der Waals surface area contributed by atoms with Gasteiger partial charge < -0.3 is 10.2 Å². The van der Waals surface area contributed by atoms with E-state index in [1.165, 1.54) is 43.0 Å². The van der Waals surface area contributed by atoms with E-state index in [2.05, 4.69) is 5.32 Å². The van der Waals surface area contributed by atoms with Gasteiger partial charge in [0.1, 0.15) is 11.6 Å². The zero-order valence-corrected chi connectivity index (χ0v) is 18.5. The Morgan fingerprint density at radius 3 is 2.41 bits per heavy atom. The van der Waals surface area contributed by atoms with Crippen LogP contribution < -0.4 is 10.2 Å². The number of hydrogen-bond acceptors (Lipinski definition) is 4. The largest absolute Gasteiger partial charge is 0.351 e. The number of thiocarbonyl (C=S) groups is 1. The van der Waals surface area contributed by atoms with E-state index in [1.54, 1.807) is 0 Å². The van der Waals surface area contributed by atoms with Gasteiger partial charge in [0.05, 0.1) is 21.6 Å². The summed E-state index contributed by atoms with van der Waals surface area (Å²) < 4.78 is 42.2. The minimum atomic E-state index is -1.35. The molecule has 0 saturated carbocycles. The highest BCUT2D eigenvalue weighted by Gasteiger charge is 2.38. The number of nitro groups is 1. The number of allylic oxidation sites excluding steroid dienone is 1. The van der Waals surface area contributed by atoms with Gasteiger partial charge in [0.25, 0.3) is 5.91 Å². The molecule has 1 atom stereocenters. The van der Waals surface area contributed by atoms with E-state index in [0.29, 0.717) is 11.8 Å². The van der Waals surface area contributed by atoms with E-state index in [4.69, 9.17) is 23.8 Å². The molecular formula is C20H16ClF3N4O3S. The summed E-state index contributed by atoms with van der Waals surface area (Å²) in [5, 5.41) is 13.8. The van der Waals surface area contributed by atoms with Gasteiger partial charge in [-0.3, -0.25) is 19.8 Å². The van der Waals surface area contributed by atoms with Crippen LogP contribution in [0.15, 0.2) is 41.6 Å². The van der Waals surface area contributed by atoms with Crippen molar-refractivity contribution in [3.05, 3.63) is 79.8 Å². The molecule has 0 saturated heterocycles. The molecule has 2 aromatic rings. The molecule has 1 aliphatic rings. The number of anilines is 1. The van der Waals surface area contributed by atoms with E-state index in [9.17, 15) is 28.1 Å². The molecule has 32 heavy (non-hydrogen) atoms. The number of rotatable bonds is 4. The molecule has 3 rings (SSSR count). The van der Waals surface area contributed by atoms with Crippen LogP contribution in [0.4, 0.5) is 24.5 Å². The third-order valence-electron chi connectivity index (χ3n) is 4.86. The van der Waals surface area contributed by atoms with Crippen LogP contribution in [0.3, 0.4) is 0 Å². The molecule has 1 amide bonds. The first kappa shape index (κ1) is 23.5. The van der Waals surface area contributed by atoms with Crippen LogP contribution in [-0.2, 0) is 4.79 Å². The van der Waals surface area contributed by atoms with Crippen LogP contribution in [0.5, 0.6) is 0 Å². The Morgan fingerprint density at radius 1 is 1.19 bits per heavy atom. The van der Waals surface area contributed by atoms with Gasteiger partial charge in [-0.15, -0.1) is 0 Å². The van der Waals surface area contributed by atoms with E-state index in [0.717, 1.165) is 12.1 Å². The second kappa shape index (κ2) is 8.75. The maximum absolute atomic E-state index is 14.7. The monoisotopic (exact) mass is 484 g/mol. The second-order valence-corrected chi connectivity index (χ2v) is 7.89. The van der Waals surface area contributed by atoms with E-state index >= 15 is 0 Å². The Bertz CT molecular complexity index is 1190. The highest BCUT2D eigenvalue weighted by atomic mass is 35.5. The third kappa shape index (κ3) is 4.13. The molecule has 0 radical (unpaired) electrons. The number of likely N-dealkylation sites (N-methyl/N-ethyl adjacent to an activating group) is 1. The summed E-state index contributed by atoms with van der Waals surface area (Å²) in [4.78, 5) is 25.9. The predicted molar refractivity (Wildman–Crippen MR) is 117 cm³/mol. The second-order valence-electron chi connectivity index (χ2n) is 7.10. The van der Waals surface area contributed by atoms with Crippen molar-refractivity contribution in [2.45, 2.75) is 13.0 Å². The molecule has 1 heterocycles. The Balaban J connectivity index is 2.25. The summed E-state index contributed by atoms with van der Waals surface area (Å²) in [5.74, 6) is -3.65. The molecule has 0 spiro atoms. The first-order valence-electron chi connectivity index (χ1n) is 9.05. The number of nitrogens with one attached hydrogen (secondary N) is 1. The minimum absolute atomic E-state index is 0.00291. The number of carbonyl (C=O) groups is 1. The molecule has 168 valence electrons. The SMILES string of the molecule is CC1=C(C(=O)N(C)C)[C@H](c2cc([N+](=O)[O-])c(F)cc2F)NC(=S)N1c1ccc(F)c(Cl)c1. The first-order valence-corrected chi connectivity index (χ1v) is 9.84. The van der Waals surface area contributed by atoms with Gasteiger partial charge in [0.15, 0.2) is 5.11 Å². The van der Waals surface area contributed by atoms with Crippen molar-refractivity contribution < 1.29 is 22.9 Å². The van der Waals surface area contributed by atoms with Gasteiger partial charge in [-0.25, -0.2) is 8.78 Å². The van der Waals surface area contributed by atoms with Gasteiger partial charge in [0.2, 0.25) is 5.82 Å². The average molecular weight is 485 g/mol. The summed E-state index contributed by atoms with van der Waals surface area (Å²) >= 11 is 11.3. The van der Waals surface area contributed by atoms with Crippen molar-refractivity contribution in [2.75, 3.05) is 19.0 Å². The smallest absolute Gasteiger partial charge is 0.305 e. The van der Waals surface area contributed by atoms with Crippen LogP contribution in [-0.4, -0.2) is 34.9 Å². The number of benzene rings is 2. The summed E-state index contributed by atoms with van der Waals surface area (Å²) in [7, 11) is 2.93. The molecule has 0 fully saturated rings. The molecule has 1 aliphatic heterocycles. The lowest BCUT2D eigenvalue weighted by atomic mass is 9.93. The number of nitro benzene ring substituents is 1. The Morgan fingerprint density at radius 2 is 1.84 bits per heavy atom. The van der Waals surface area contributed by atoms with Gasteiger partial charge in [-0.1, -0.05) is 11.6 Å². The van der Waals surface area contributed by atoms with Crippen LogP contribution in [0.2, 0.25) is 5.02 Å². The lowest BCUT2D eigenvalue weighted by Gasteiger charge is -2.38. The summed E-state index contributed by atoms with van der Waals surface area (Å²) in [5.41, 5.74) is -0.687. The van der Waals surface area contributed by atoms with Crippen LogP contribution in [0.1, 0.15) is 18.5 Å². The van der Waals surface area contributed by atoms with Crippen molar-refractivity contribution in [1.82, 2.24) is 10.2 Å². The topological polar surface area (TPSA) is 78.7 Å². The lowest BCUT2D eigenvalue weighted by molar-refractivity contribution is -0.387. The molecule has 0 unspecified atom stereocenters. The van der Waals surface area contributed by atoms with E-state index < -0.39 is 40.0 Å². The van der Waals surface area contributed by atoms with Crippen molar-refractivity contribution in [3.63, 3.8) is 0 Å². The summed E-state index contributed by atoms with van der Waals surface area (Å²) in [6, 6.07) is 3.68. The van der Waals surface area contributed by atoms with Crippen molar-refractivity contribution in [3.8, 4) is 0 Å². The maximum atomic E-state index is 14.7. The normalized spacial score (nSPS) is 16.2. The molecule has 7 nitrogen and oxygen atoms in total. The lowest BCUT2D eigenvalue weighted by Crippen LogP contribution is -2.49. The van der Waals surface area contributed by atoms with Gasteiger partial charge in [0, 0.05) is 43.2 Å². The summed E-state index contributed by atoms with van der Waals surface area (Å²) in [6.07, 6.45) is 0. The van der Waals surface area contributed by atoms with E-state index in [-0.39, 0.29) is 27.0 Å². The quantitative estimate of drug-likeness (QED) is 0.392. The molecule has 12 heteroatoms. The minimum Gasteiger partial charge on any atom is -0.351 e. The Kier molecular flexibility index (Phi) is 6.42. The van der Waals surface area contributed by atoms with E-state index in [1.807, 2.05) is 0 Å². The van der Waals surface area contributed by atoms with Gasteiger partial charge in [-0.05, 0) is 37.3 Å². The first-order chi connectivity index (χ1) is 14.9. The third-order valence-corrected chi connectivity index (χ3v) is 5.45. The molecule has 1 N–H and O–H groups in total. The Hall–Kier alpha value is -3.18. The predicted octanol–water partition coefficient (Wildman–Crippen LogP) is 4.46. The molecule has 0 aromatic heterocycles. The standard InChI is InChI=1S/C20H16ClF3N4O3S/c1-9-17(19(29)26(2)3)18(11-7-16(28(30)31)15(24)8-14(11)23)25-20(32)27(9)10-4-5-13(22)12(21)6-10/h4-8,18H,1-3H3,(H,25,32)/t18-/m0/s1. The number of nitrogens with zero attached hydrogens (tertiary/aromatic N) is 3. The zero-order valence-electron chi connectivity index (χ0n) is 17.0. The van der Waals surface area contributed by atoms with Gasteiger partial charge in [-0.2, -0.15) is 4.39 Å². The maximum Gasteiger partial charge on any atom is 0.305 e. The van der Waals surface area contributed by atoms with Crippen molar-refractivity contribution >= 4 is 46.2 Å². The fourth-order valence-electron chi connectivity index (χ4n) is 3.34. The molecule has 0 aliphatic carbocycles.